The zero-order valence-electron chi connectivity index (χ0n) is 20.2. The average Bonchev–Trinajstić information content (AvgIpc) is 3.12. The number of hydrogen-bond donors (Lipinski definition) is 0. The van der Waals surface area contributed by atoms with Gasteiger partial charge in [0.15, 0.2) is 5.82 Å². The van der Waals surface area contributed by atoms with Gasteiger partial charge in [-0.05, 0) is 24.3 Å². The van der Waals surface area contributed by atoms with Crippen molar-refractivity contribution in [2.24, 2.45) is 0 Å². The molecular weight excluding hydrogens is 436 g/mol. The molecule has 2 heterocycles. The minimum atomic E-state index is -1.73. The van der Waals surface area contributed by atoms with Gasteiger partial charge in [0.1, 0.15) is 27.0 Å². The van der Waals surface area contributed by atoms with Crippen LogP contribution in [-0.2, 0) is 0 Å². The molecule has 5 rings (SSSR count). The van der Waals surface area contributed by atoms with Crippen molar-refractivity contribution >= 4 is 48.8 Å². The van der Waals surface area contributed by atoms with Crippen molar-refractivity contribution in [1.82, 2.24) is 19.5 Å². The minimum Gasteiger partial charge on any atom is -0.309 e. The highest BCUT2D eigenvalue weighted by atomic mass is 28.3. The molecule has 0 bridgehead atoms. The summed E-state index contributed by atoms with van der Waals surface area (Å²) < 4.78 is 2.35. The standard InChI is InChI=1S/C27H30N4Si2/c1-32(2,3)26-28-25(29-27(30-26)33(4,5)6)21-15-9-12-18-24(21)31-22-16-10-7-13-19(22)20-14-8-11-17-23(20)31/h7-18H,1-6H3. The van der Waals surface area contributed by atoms with Crippen LogP contribution in [0.25, 0.3) is 38.9 Å². The quantitative estimate of drug-likeness (QED) is 0.318. The van der Waals surface area contributed by atoms with Crippen LogP contribution in [0.3, 0.4) is 0 Å². The Morgan fingerprint density at radius 1 is 0.545 bits per heavy atom. The lowest BCUT2D eigenvalue weighted by molar-refractivity contribution is 1.10. The van der Waals surface area contributed by atoms with Gasteiger partial charge in [-0.15, -0.1) is 0 Å². The van der Waals surface area contributed by atoms with Crippen LogP contribution in [0.2, 0.25) is 39.3 Å². The Labute approximate surface area is 197 Å². The summed E-state index contributed by atoms with van der Waals surface area (Å²) in [7, 11) is -3.45. The molecule has 0 saturated carbocycles. The Kier molecular flexibility index (Phi) is 5.10. The summed E-state index contributed by atoms with van der Waals surface area (Å²) in [5.41, 5.74) is 6.51. The predicted molar refractivity (Wildman–Crippen MR) is 146 cm³/mol. The first-order chi connectivity index (χ1) is 15.6. The summed E-state index contributed by atoms with van der Waals surface area (Å²) in [6, 6.07) is 25.7. The highest BCUT2D eigenvalue weighted by Crippen LogP contribution is 2.34. The lowest BCUT2D eigenvalue weighted by Gasteiger charge is -2.21. The number of aromatic nitrogens is 4. The minimum absolute atomic E-state index is 0.789. The van der Waals surface area contributed by atoms with Crippen molar-refractivity contribution in [2.45, 2.75) is 39.3 Å². The molecule has 0 aliphatic rings. The molecule has 0 N–H and O–H groups in total. The van der Waals surface area contributed by atoms with E-state index in [9.17, 15) is 0 Å². The van der Waals surface area contributed by atoms with Crippen molar-refractivity contribution in [1.29, 1.82) is 0 Å². The molecule has 166 valence electrons. The van der Waals surface area contributed by atoms with Crippen LogP contribution in [0.4, 0.5) is 0 Å². The first kappa shape index (κ1) is 21.7. The van der Waals surface area contributed by atoms with Gasteiger partial charge in [0.2, 0.25) is 0 Å². The normalized spacial score (nSPS) is 12.5. The summed E-state index contributed by atoms with van der Waals surface area (Å²) in [5.74, 6) is 0.789. The predicted octanol–water partition coefficient (Wildman–Crippen LogP) is 5.73. The van der Waals surface area contributed by atoms with E-state index in [0.29, 0.717) is 0 Å². The van der Waals surface area contributed by atoms with Crippen LogP contribution >= 0.6 is 0 Å². The summed E-state index contributed by atoms with van der Waals surface area (Å²) in [6.45, 7) is 13.8. The fraction of sp³-hybridized carbons (Fsp3) is 0.222. The van der Waals surface area contributed by atoms with E-state index in [4.69, 9.17) is 15.0 Å². The SMILES string of the molecule is C[Si](C)(C)c1nc(-c2ccccc2-n2c3ccccc3c3ccccc32)nc([Si](C)(C)C)n1. The van der Waals surface area contributed by atoms with E-state index in [1.54, 1.807) is 0 Å². The number of para-hydroxylation sites is 3. The Bertz CT molecular complexity index is 1400. The molecule has 0 radical (unpaired) electrons. The summed E-state index contributed by atoms with van der Waals surface area (Å²) in [6.07, 6.45) is 0. The van der Waals surface area contributed by atoms with Crippen molar-refractivity contribution in [3.05, 3.63) is 72.8 Å². The number of hydrogen-bond acceptors (Lipinski definition) is 3. The zero-order valence-corrected chi connectivity index (χ0v) is 22.2. The smallest absolute Gasteiger partial charge is 0.164 e. The van der Waals surface area contributed by atoms with Crippen molar-refractivity contribution in [3.63, 3.8) is 0 Å². The van der Waals surface area contributed by atoms with E-state index >= 15 is 0 Å². The van der Waals surface area contributed by atoms with Crippen molar-refractivity contribution in [3.8, 4) is 17.1 Å². The number of rotatable bonds is 4. The number of fused-ring (bicyclic) bond motifs is 3. The lowest BCUT2D eigenvalue weighted by atomic mass is 10.1. The Morgan fingerprint density at radius 2 is 1.00 bits per heavy atom. The third kappa shape index (κ3) is 3.83. The van der Waals surface area contributed by atoms with Crippen LogP contribution in [-0.4, -0.2) is 35.7 Å². The third-order valence-electron chi connectivity index (χ3n) is 5.94. The largest absolute Gasteiger partial charge is 0.309 e. The molecule has 0 amide bonds. The average molecular weight is 467 g/mol. The fourth-order valence-electron chi connectivity index (χ4n) is 4.21. The molecule has 33 heavy (non-hydrogen) atoms. The monoisotopic (exact) mass is 466 g/mol. The molecule has 5 aromatic rings. The molecule has 0 saturated heterocycles. The van der Waals surface area contributed by atoms with Crippen LogP contribution in [0.1, 0.15) is 0 Å². The fourth-order valence-corrected chi connectivity index (χ4v) is 6.08. The van der Waals surface area contributed by atoms with Crippen LogP contribution in [0, 0.1) is 0 Å². The van der Waals surface area contributed by atoms with Gasteiger partial charge in [-0.1, -0.05) is 87.8 Å². The van der Waals surface area contributed by atoms with Gasteiger partial charge in [0.25, 0.3) is 0 Å². The second kappa shape index (κ2) is 7.75. The number of benzene rings is 3. The van der Waals surface area contributed by atoms with E-state index in [-0.39, 0.29) is 0 Å². The lowest BCUT2D eigenvalue weighted by Crippen LogP contribution is -2.52. The second-order valence-electron chi connectivity index (χ2n) is 10.7. The van der Waals surface area contributed by atoms with Crippen molar-refractivity contribution in [2.75, 3.05) is 0 Å². The molecule has 0 aliphatic heterocycles. The molecule has 6 heteroatoms. The van der Waals surface area contributed by atoms with Crippen molar-refractivity contribution < 1.29 is 0 Å². The Morgan fingerprint density at radius 3 is 1.52 bits per heavy atom. The van der Waals surface area contributed by atoms with Gasteiger partial charge in [-0.25, -0.2) is 15.0 Å². The van der Waals surface area contributed by atoms with Crippen LogP contribution in [0.15, 0.2) is 72.8 Å². The molecule has 2 aromatic heterocycles. The first-order valence-corrected chi connectivity index (χ1v) is 18.5. The highest BCUT2D eigenvalue weighted by Gasteiger charge is 2.28. The number of nitrogens with zero attached hydrogens (tertiary/aromatic N) is 4. The topological polar surface area (TPSA) is 43.6 Å². The molecular formula is C27H30N4Si2. The zero-order chi connectivity index (χ0) is 23.4. The van der Waals surface area contributed by atoms with E-state index in [1.165, 1.54) is 21.8 Å². The van der Waals surface area contributed by atoms with Gasteiger partial charge in [-0.2, -0.15) is 0 Å². The van der Waals surface area contributed by atoms with Crippen LogP contribution < -0.4 is 10.9 Å². The van der Waals surface area contributed by atoms with Gasteiger partial charge in [-0.3, -0.25) is 0 Å². The molecule has 0 unspecified atom stereocenters. The van der Waals surface area contributed by atoms with Gasteiger partial charge >= 0.3 is 0 Å². The maximum atomic E-state index is 5.07. The maximum absolute atomic E-state index is 5.07. The second-order valence-corrected chi connectivity index (χ2v) is 20.6. The molecule has 4 nitrogen and oxygen atoms in total. The Hall–Kier alpha value is -3.10. The van der Waals surface area contributed by atoms with E-state index in [2.05, 4.69) is 117 Å². The Balaban J connectivity index is 1.84. The highest BCUT2D eigenvalue weighted by molar-refractivity contribution is 6.89. The molecule has 0 spiro atoms. The van der Waals surface area contributed by atoms with E-state index in [0.717, 1.165) is 28.0 Å². The summed E-state index contributed by atoms with van der Waals surface area (Å²) in [5, 5.41) is 2.51. The van der Waals surface area contributed by atoms with E-state index in [1.807, 2.05) is 0 Å². The third-order valence-corrected chi connectivity index (χ3v) is 9.07. The molecule has 0 atom stereocenters. The van der Waals surface area contributed by atoms with Gasteiger partial charge < -0.3 is 4.57 Å². The summed E-state index contributed by atoms with van der Waals surface area (Å²) >= 11 is 0. The molecule has 0 fully saturated rings. The van der Waals surface area contributed by atoms with E-state index < -0.39 is 16.1 Å². The maximum Gasteiger partial charge on any atom is 0.164 e. The summed E-state index contributed by atoms with van der Waals surface area (Å²) in [4.78, 5) is 15.1. The molecule has 3 aromatic carbocycles. The molecule has 0 aliphatic carbocycles. The van der Waals surface area contributed by atoms with Crippen LogP contribution in [0.5, 0.6) is 0 Å². The first-order valence-electron chi connectivity index (χ1n) is 11.5. The van der Waals surface area contributed by atoms with Gasteiger partial charge in [0, 0.05) is 16.3 Å². The van der Waals surface area contributed by atoms with Gasteiger partial charge in [0.05, 0.1) is 16.7 Å².